The molecule has 30 heavy (non-hydrogen) atoms. The van der Waals surface area contributed by atoms with Gasteiger partial charge >= 0.3 is 0 Å². The van der Waals surface area contributed by atoms with Gasteiger partial charge in [0.15, 0.2) is 0 Å². The summed E-state index contributed by atoms with van der Waals surface area (Å²) in [6.45, 7) is 0.208. The molecule has 0 aliphatic heterocycles. The molecule has 2 heterocycles. The van der Waals surface area contributed by atoms with Crippen LogP contribution in [-0.4, -0.2) is 18.1 Å². The Morgan fingerprint density at radius 3 is 2.83 bits per heavy atom. The van der Waals surface area contributed by atoms with Crippen LogP contribution in [-0.2, 0) is 6.54 Å². The zero-order valence-electron chi connectivity index (χ0n) is 15.9. The lowest BCUT2D eigenvalue weighted by Gasteiger charge is -2.08. The van der Waals surface area contributed by atoms with Gasteiger partial charge in [0.05, 0.1) is 19.9 Å². The first-order valence-electron chi connectivity index (χ1n) is 8.99. The number of halogens is 1. The summed E-state index contributed by atoms with van der Waals surface area (Å²) >= 11 is 6.10. The number of aromatic hydroxyl groups is 1. The molecular formula is C22H17ClN2O5. The lowest BCUT2D eigenvalue weighted by Crippen LogP contribution is -2.28. The largest absolute Gasteiger partial charge is 0.508 e. The Hall–Kier alpha value is -3.71. The first-order valence-corrected chi connectivity index (χ1v) is 9.37. The number of hydrogen-bond acceptors (Lipinski definition) is 6. The summed E-state index contributed by atoms with van der Waals surface area (Å²) in [4.78, 5) is 17.4. The molecule has 4 rings (SSSR count). The van der Waals surface area contributed by atoms with Gasteiger partial charge in [0, 0.05) is 16.5 Å². The molecule has 0 aliphatic rings. The maximum atomic E-state index is 12.9. The zero-order chi connectivity index (χ0) is 21.1. The number of methoxy groups -OCH3 is 1. The van der Waals surface area contributed by atoms with Gasteiger partial charge in [0.2, 0.25) is 5.55 Å². The van der Waals surface area contributed by atoms with E-state index in [2.05, 4.69) is 10.3 Å². The zero-order valence-corrected chi connectivity index (χ0v) is 16.6. The average Bonchev–Trinajstić information content (AvgIpc) is 3.25. The maximum absolute atomic E-state index is 12.9. The van der Waals surface area contributed by atoms with E-state index < -0.39 is 5.91 Å². The molecule has 0 aliphatic carbocycles. The predicted molar refractivity (Wildman–Crippen MR) is 111 cm³/mol. The van der Waals surface area contributed by atoms with Crippen molar-refractivity contribution in [1.82, 2.24) is 5.32 Å². The van der Waals surface area contributed by atoms with Gasteiger partial charge < -0.3 is 24.0 Å². The van der Waals surface area contributed by atoms with E-state index >= 15 is 0 Å². The Kier molecular flexibility index (Phi) is 5.45. The summed E-state index contributed by atoms with van der Waals surface area (Å²) < 4.78 is 16.4. The Morgan fingerprint density at radius 2 is 2.07 bits per heavy atom. The van der Waals surface area contributed by atoms with Gasteiger partial charge in [-0.2, -0.15) is 0 Å². The highest BCUT2D eigenvalue weighted by molar-refractivity contribution is 6.30. The molecule has 7 nitrogen and oxygen atoms in total. The molecule has 0 saturated carbocycles. The van der Waals surface area contributed by atoms with E-state index in [0.717, 1.165) is 0 Å². The van der Waals surface area contributed by atoms with Crippen molar-refractivity contribution in [2.45, 2.75) is 6.54 Å². The van der Waals surface area contributed by atoms with Gasteiger partial charge in [0.25, 0.3) is 5.91 Å². The van der Waals surface area contributed by atoms with Crippen molar-refractivity contribution in [1.29, 1.82) is 0 Å². The molecule has 0 spiro atoms. The van der Waals surface area contributed by atoms with Crippen LogP contribution in [0.5, 0.6) is 11.5 Å². The van der Waals surface area contributed by atoms with E-state index in [0.29, 0.717) is 33.2 Å². The number of furan rings is 1. The first kappa shape index (κ1) is 19.6. The third-order valence-electron chi connectivity index (χ3n) is 4.34. The number of amides is 1. The standard InChI is InChI=1S/C22H17ClN2O5/c1-28-19-7-5-14(23)10-18(19)25-22-17(21(27)24-12-16-3-2-8-29-16)9-13-4-6-15(26)11-20(13)30-22/h2-11,26H,12H2,1H3,(H,24,27). The maximum Gasteiger partial charge on any atom is 0.257 e. The van der Waals surface area contributed by atoms with Crippen LogP contribution < -0.4 is 15.6 Å². The van der Waals surface area contributed by atoms with Crippen molar-refractivity contribution in [3.63, 3.8) is 0 Å². The lowest BCUT2D eigenvalue weighted by atomic mass is 10.1. The van der Waals surface area contributed by atoms with Crippen LogP contribution in [0.15, 0.2) is 74.7 Å². The van der Waals surface area contributed by atoms with Crippen molar-refractivity contribution < 1.29 is 23.5 Å². The van der Waals surface area contributed by atoms with Gasteiger partial charge in [-0.3, -0.25) is 4.79 Å². The molecule has 0 fully saturated rings. The van der Waals surface area contributed by atoms with Crippen LogP contribution >= 0.6 is 11.6 Å². The molecule has 0 unspecified atom stereocenters. The number of hydrogen-bond donors (Lipinski definition) is 2. The smallest absolute Gasteiger partial charge is 0.257 e. The SMILES string of the molecule is COc1ccc(Cl)cc1N=c1oc2cc(O)ccc2cc1C(=O)NCc1ccco1. The second kappa shape index (κ2) is 8.34. The topological polar surface area (TPSA) is 97.2 Å². The fraction of sp³-hybridized carbons (Fsp3) is 0.0909. The minimum absolute atomic E-state index is 0.0348. The second-order valence-corrected chi connectivity index (χ2v) is 6.81. The summed E-state index contributed by atoms with van der Waals surface area (Å²) in [5.41, 5.74) is 1.03. The fourth-order valence-corrected chi connectivity index (χ4v) is 3.05. The highest BCUT2D eigenvalue weighted by Gasteiger charge is 2.14. The van der Waals surface area contributed by atoms with Gasteiger partial charge in [-0.05, 0) is 48.5 Å². The summed E-state index contributed by atoms with van der Waals surface area (Å²) in [6, 6.07) is 14.7. The third kappa shape index (κ3) is 4.16. The lowest BCUT2D eigenvalue weighted by molar-refractivity contribution is 0.0944. The summed E-state index contributed by atoms with van der Waals surface area (Å²) in [7, 11) is 1.51. The number of benzene rings is 2. The Morgan fingerprint density at radius 1 is 1.20 bits per heavy atom. The van der Waals surface area contributed by atoms with Crippen LogP contribution in [0.1, 0.15) is 16.1 Å². The second-order valence-electron chi connectivity index (χ2n) is 6.38. The number of ether oxygens (including phenoxy) is 1. The molecule has 4 aromatic rings. The predicted octanol–water partition coefficient (Wildman–Crippen LogP) is 4.56. The minimum atomic E-state index is -0.398. The molecule has 0 saturated heterocycles. The van der Waals surface area contributed by atoms with E-state index in [1.165, 1.54) is 25.5 Å². The molecule has 8 heteroatoms. The number of fused-ring (bicyclic) bond motifs is 1. The molecule has 0 bridgehead atoms. The highest BCUT2D eigenvalue weighted by Crippen LogP contribution is 2.30. The van der Waals surface area contributed by atoms with Crippen LogP contribution in [0.25, 0.3) is 11.0 Å². The molecular weight excluding hydrogens is 408 g/mol. The van der Waals surface area contributed by atoms with Gasteiger partial charge in [-0.1, -0.05) is 11.6 Å². The number of phenols is 1. The van der Waals surface area contributed by atoms with Crippen molar-refractivity contribution in [3.8, 4) is 11.5 Å². The van der Waals surface area contributed by atoms with Crippen molar-refractivity contribution in [2.24, 2.45) is 4.99 Å². The fourth-order valence-electron chi connectivity index (χ4n) is 2.89. The molecule has 2 aromatic heterocycles. The summed E-state index contributed by atoms with van der Waals surface area (Å²) in [6.07, 6.45) is 1.53. The van der Waals surface area contributed by atoms with Crippen molar-refractivity contribution in [3.05, 3.63) is 82.8 Å². The number of carbonyl (C=O) groups excluding carboxylic acids is 1. The van der Waals surface area contributed by atoms with Crippen LogP contribution in [0.2, 0.25) is 5.02 Å². The van der Waals surface area contributed by atoms with Gasteiger partial charge in [-0.25, -0.2) is 4.99 Å². The van der Waals surface area contributed by atoms with E-state index in [1.54, 1.807) is 42.5 Å². The minimum Gasteiger partial charge on any atom is -0.508 e. The van der Waals surface area contributed by atoms with E-state index in [9.17, 15) is 9.90 Å². The van der Waals surface area contributed by atoms with Crippen molar-refractivity contribution in [2.75, 3.05) is 7.11 Å². The van der Waals surface area contributed by atoms with Crippen LogP contribution in [0.4, 0.5) is 5.69 Å². The van der Waals surface area contributed by atoms with E-state index in [-0.39, 0.29) is 23.4 Å². The molecule has 2 N–H and O–H groups in total. The van der Waals surface area contributed by atoms with Gasteiger partial charge in [-0.15, -0.1) is 0 Å². The van der Waals surface area contributed by atoms with Crippen LogP contribution in [0, 0.1) is 0 Å². The molecule has 0 radical (unpaired) electrons. The average molecular weight is 425 g/mol. The third-order valence-corrected chi connectivity index (χ3v) is 4.58. The number of rotatable bonds is 5. The summed E-state index contributed by atoms with van der Waals surface area (Å²) in [5, 5.41) is 13.7. The first-order chi connectivity index (χ1) is 14.5. The molecule has 152 valence electrons. The number of nitrogens with one attached hydrogen (secondary N) is 1. The molecule has 0 atom stereocenters. The number of nitrogens with zero attached hydrogens (tertiary/aromatic N) is 1. The quantitative estimate of drug-likeness (QED) is 0.489. The molecule has 2 aromatic carbocycles. The number of carbonyl (C=O) groups is 1. The Balaban J connectivity index is 1.84. The number of phenolic OH excluding ortho intramolecular Hbond substituents is 1. The summed E-state index contributed by atoms with van der Waals surface area (Å²) in [5.74, 6) is 0.714. The normalized spacial score (nSPS) is 11.6. The highest BCUT2D eigenvalue weighted by atomic mass is 35.5. The van der Waals surface area contributed by atoms with Gasteiger partial charge in [0.1, 0.15) is 34.1 Å². The molecule has 1 amide bonds. The van der Waals surface area contributed by atoms with E-state index in [1.807, 2.05) is 0 Å². The Labute approximate surface area is 176 Å². The van der Waals surface area contributed by atoms with E-state index in [4.69, 9.17) is 25.2 Å². The Bertz CT molecular complexity index is 1280. The van der Waals surface area contributed by atoms with Crippen LogP contribution in [0.3, 0.4) is 0 Å². The van der Waals surface area contributed by atoms with Crippen molar-refractivity contribution >= 4 is 34.2 Å². The monoisotopic (exact) mass is 424 g/mol.